The monoisotopic (exact) mass is 324 g/mol. The summed E-state index contributed by atoms with van der Waals surface area (Å²) in [5.41, 5.74) is -1.53. The molecule has 1 rings (SSSR count). The number of benzene rings is 1. The zero-order valence-corrected chi connectivity index (χ0v) is 10.7. The van der Waals surface area contributed by atoms with Crippen LogP contribution in [-0.2, 0) is 11.0 Å². The van der Waals surface area contributed by atoms with Crippen molar-refractivity contribution in [3.8, 4) is 0 Å². The van der Waals surface area contributed by atoms with Crippen molar-refractivity contribution in [1.29, 1.82) is 0 Å². The number of aromatic carboxylic acids is 1. The Balaban J connectivity index is 3.42. The first kappa shape index (κ1) is 14.7. The molecule has 1 aromatic rings. The molecule has 98 valence electrons. The summed E-state index contributed by atoms with van der Waals surface area (Å²) in [5.74, 6) is -1.86. The van der Waals surface area contributed by atoms with Gasteiger partial charge in [0, 0.05) is 0 Å². The topological polar surface area (TPSA) is 54.4 Å². The fourth-order valence-electron chi connectivity index (χ4n) is 1.36. The third-order valence-electron chi connectivity index (χ3n) is 2.24. The van der Waals surface area contributed by atoms with Crippen LogP contribution in [0.25, 0.3) is 0 Å². The Kier molecular flexibility index (Phi) is 4.16. The van der Waals surface area contributed by atoms with E-state index in [1.807, 2.05) is 0 Å². The van der Waals surface area contributed by atoms with Crippen LogP contribution in [0.3, 0.4) is 0 Å². The van der Waals surface area contributed by atoms with Crippen LogP contribution in [0.15, 0.2) is 18.2 Å². The largest absolute Gasteiger partial charge is 0.478 e. The highest BCUT2D eigenvalue weighted by atomic mass is 79.9. The third kappa shape index (κ3) is 3.10. The number of carboxylic acid groups (broad SMARTS) is 1. The van der Waals surface area contributed by atoms with Gasteiger partial charge in [0.25, 0.3) is 0 Å². The molecule has 0 saturated heterocycles. The van der Waals surface area contributed by atoms with Crippen molar-refractivity contribution in [1.82, 2.24) is 0 Å². The average Bonchev–Trinajstić information content (AvgIpc) is 2.25. The lowest BCUT2D eigenvalue weighted by Crippen LogP contribution is -2.12. The van der Waals surface area contributed by atoms with Crippen molar-refractivity contribution in [2.24, 2.45) is 0 Å². The van der Waals surface area contributed by atoms with E-state index in [4.69, 9.17) is 5.11 Å². The van der Waals surface area contributed by atoms with Gasteiger partial charge in [-0.2, -0.15) is 13.2 Å². The highest BCUT2D eigenvalue weighted by Crippen LogP contribution is 2.34. The molecule has 1 aromatic carbocycles. The summed E-state index contributed by atoms with van der Waals surface area (Å²) in [6.45, 7) is 1.16. The lowest BCUT2D eigenvalue weighted by Gasteiger charge is -2.14. The number of Topliss-reactive ketones (excluding diaryl/α,β-unsaturated/α-hetero) is 1. The van der Waals surface area contributed by atoms with E-state index in [9.17, 15) is 22.8 Å². The first-order chi connectivity index (χ1) is 8.14. The Hall–Kier alpha value is -1.37. The van der Waals surface area contributed by atoms with Crippen molar-refractivity contribution in [2.45, 2.75) is 17.9 Å². The maximum atomic E-state index is 12.5. The van der Waals surface area contributed by atoms with Crippen molar-refractivity contribution in [2.75, 3.05) is 0 Å². The molecule has 0 amide bonds. The third-order valence-corrected chi connectivity index (χ3v) is 3.38. The Bertz CT molecular complexity index is 497. The van der Waals surface area contributed by atoms with Gasteiger partial charge in [-0.3, -0.25) is 4.79 Å². The molecule has 1 atom stereocenters. The van der Waals surface area contributed by atoms with Gasteiger partial charge in [-0.25, -0.2) is 4.79 Å². The van der Waals surface area contributed by atoms with Crippen LogP contribution in [0.1, 0.15) is 33.2 Å². The molecule has 1 unspecified atom stereocenters. The fourth-order valence-corrected chi connectivity index (χ4v) is 1.74. The molecule has 0 spiro atoms. The summed E-state index contributed by atoms with van der Waals surface area (Å²) in [6.07, 6.45) is -4.59. The predicted octanol–water partition coefficient (Wildman–Crippen LogP) is 3.43. The van der Waals surface area contributed by atoms with Gasteiger partial charge >= 0.3 is 12.1 Å². The minimum absolute atomic E-state index is 0.204. The molecule has 0 aliphatic heterocycles. The number of carboxylic acids is 1. The molecule has 0 aromatic heterocycles. The number of alkyl halides is 4. The highest BCUT2D eigenvalue weighted by molar-refractivity contribution is 9.09. The van der Waals surface area contributed by atoms with Crippen molar-refractivity contribution in [3.05, 3.63) is 34.9 Å². The van der Waals surface area contributed by atoms with Gasteiger partial charge in [-0.1, -0.05) is 15.9 Å². The minimum Gasteiger partial charge on any atom is -0.478 e. The first-order valence-electron chi connectivity index (χ1n) is 4.73. The number of carbonyl (C=O) groups is 2. The molecule has 3 nitrogen and oxygen atoms in total. The van der Waals surface area contributed by atoms with Crippen LogP contribution in [0.4, 0.5) is 13.2 Å². The lowest BCUT2D eigenvalue weighted by atomic mass is 9.99. The second kappa shape index (κ2) is 5.09. The van der Waals surface area contributed by atoms with Gasteiger partial charge in [0.2, 0.25) is 0 Å². The summed E-state index contributed by atoms with van der Waals surface area (Å²) >= 11 is 2.89. The quantitative estimate of drug-likeness (QED) is 0.867. The maximum Gasteiger partial charge on any atom is 0.416 e. The number of hydrogen-bond donors (Lipinski definition) is 1. The average molecular weight is 325 g/mol. The fraction of sp³-hybridized carbons (Fsp3) is 0.273. The number of carbonyl (C=O) groups excluding carboxylic acids is 1. The summed E-state index contributed by atoms with van der Waals surface area (Å²) < 4.78 is 37.6. The smallest absolute Gasteiger partial charge is 0.416 e. The van der Waals surface area contributed by atoms with E-state index in [0.717, 1.165) is 13.0 Å². The molecule has 18 heavy (non-hydrogen) atoms. The van der Waals surface area contributed by atoms with Gasteiger partial charge in [-0.05, 0) is 30.7 Å². The van der Waals surface area contributed by atoms with Gasteiger partial charge in [0.1, 0.15) is 5.78 Å². The SMILES string of the molecule is CC(=O)C(Br)c1cc(C(F)(F)F)ccc1C(=O)O. The van der Waals surface area contributed by atoms with E-state index in [2.05, 4.69) is 15.9 Å². The van der Waals surface area contributed by atoms with Gasteiger partial charge < -0.3 is 5.11 Å². The van der Waals surface area contributed by atoms with E-state index < -0.39 is 28.3 Å². The van der Waals surface area contributed by atoms with E-state index in [1.165, 1.54) is 0 Å². The van der Waals surface area contributed by atoms with E-state index in [0.29, 0.717) is 12.1 Å². The zero-order valence-electron chi connectivity index (χ0n) is 9.08. The molecular formula is C11H8BrF3O3. The van der Waals surface area contributed by atoms with Crippen molar-refractivity contribution < 1.29 is 27.9 Å². The molecule has 7 heteroatoms. The lowest BCUT2D eigenvalue weighted by molar-refractivity contribution is -0.137. The number of halogens is 4. The normalized spacial score (nSPS) is 13.2. The molecule has 0 heterocycles. The minimum atomic E-state index is -4.59. The summed E-state index contributed by atoms with van der Waals surface area (Å²) in [6, 6.07) is 2.19. The molecule has 0 radical (unpaired) electrons. The van der Waals surface area contributed by atoms with Crippen LogP contribution in [0, 0.1) is 0 Å². The van der Waals surface area contributed by atoms with Crippen LogP contribution in [0.5, 0.6) is 0 Å². The van der Waals surface area contributed by atoms with Gasteiger partial charge in [-0.15, -0.1) is 0 Å². The first-order valence-corrected chi connectivity index (χ1v) is 5.65. The number of rotatable bonds is 3. The molecule has 0 aliphatic carbocycles. The summed E-state index contributed by atoms with van der Waals surface area (Å²) in [5, 5.41) is 8.88. The van der Waals surface area contributed by atoms with Crippen LogP contribution >= 0.6 is 15.9 Å². The Morgan fingerprint density at radius 3 is 2.28 bits per heavy atom. The van der Waals surface area contributed by atoms with E-state index in [1.54, 1.807) is 0 Å². The Morgan fingerprint density at radius 1 is 1.33 bits per heavy atom. The predicted molar refractivity (Wildman–Crippen MR) is 60.8 cm³/mol. The van der Waals surface area contributed by atoms with Gasteiger partial charge in [0.05, 0.1) is 16.0 Å². The maximum absolute atomic E-state index is 12.5. The van der Waals surface area contributed by atoms with E-state index in [-0.39, 0.29) is 11.1 Å². The van der Waals surface area contributed by atoms with Crippen LogP contribution < -0.4 is 0 Å². The molecule has 0 fully saturated rings. The van der Waals surface area contributed by atoms with E-state index >= 15 is 0 Å². The second-order valence-corrected chi connectivity index (χ2v) is 4.49. The van der Waals surface area contributed by atoms with Crippen molar-refractivity contribution >= 4 is 27.7 Å². The standard InChI is InChI=1S/C11H8BrF3O3/c1-5(16)9(12)8-4-6(11(13,14)15)2-3-7(8)10(17)18/h2-4,9H,1H3,(H,17,18). The van der Waals surface area contributed by atoms with Crippen LogP contribution in [-0.4, -0.2) is 16.9 Å². The number of ketones is 1. The Labute approximate surface area is 109 Å². The van der Waals surface area contributed by atoms with Crippen LogP contribution in [0.2, 0.25) is 0 Å². The van der Waals surface area contributed by atoms with Gasteiger partial charge in [0.15, 0.2) is 0 Å². The molecule has 0 saturated carbocycles. The summed E-state index contributed by atoms with van der Waals surface area (Å²) in [7, 11) is 0. The second-order valence-electron chi connectivity index (χ2n) is 3.58. The molecule has 0 aliphatic rings. The molecule has 0 bridgehead atoms. The zero-order chi connectivity index (χ0) is 14.1. The molecular weight excluding hydrogens is 317 g/mol. The van der Waals surface area contributed by atoms with Crippen molar-refractivity contribution in [3.63, 3.8) is 0 Å². The Morgan fingerprint density at radius 2 is 1.89 bits per heavy atom. The number of hydrogen-bond acceptors (Lipinski definition) is 2. The summed E-state index contributed by atoms with van der Waals surface area (Å²) in [4.78, 5) is 21.0. The highest BCUT2D eigenvalue weighted by Gasteiger charge is 2.32. The molecule has 1 N–H and O–H groups in total.